The highest BCUT2D eigenvalue weighted by Crippen LogP contribution is 2.26. The van der Waals surface area contributed by atoms with Crippen LogP contribution in [0.5, 0.6) is 0 Å². The van der Waals surface area contributed by atoms with Crippen LogP contribution in [-0.4, -0.2) is 52.5 Å². The fourth-order valence-corrected chi connectivity index (χ4v) is 2.92. The number of carbonyl (C=O) groups is 2. The summed E-state index contributed by atoms with van der Waals surface area (Å²) in [6, 6.07) is -0.226. The first kappa shape index (κ1) is 14.3. The molecule has 7 heteroatoms. The van der Waals surface area contributed by atoms with Crippen molar-refractivity contribution in [1.29, 1.82) is 0 Å². The minimum absolute atomic E-state index is 0.0175. The van der Waals surface area contributed by atoms with Crippen molar-refractivity contribution in [2.45, 2.75) is 19.9 Å². The summed E-state index contributed by atoms with van der Waals surface area (Å²) in [5.74, 6) is 5.82. The number of carboxylic acid groups (broad SMARTS) is 1. The standard InChI is InChI=1S/C13H15N3O3S/c1-3-4-10-8-15(13(18)19)5-6-16(10)12-14-7-11(20-12)9(2)17/h7,10H,5-6,8H2,1-2H3,(H,18,19)/t10-/m0/s1. The van der Waals surface area contributed by atoms with Gasteiger partial charge in [-0.25, -0.2) is 9.78 Å². The number of thiazole rings is 1. The second-order valence-electron chi connectivity index (χ2n) is 4.40. The van der Waals surface area contributed by atoms with E-state index in [1.807, 2.05) is 4.90 Å². The number of rotatable bonds is 2. The zero-order chi connectivity index (χ0) is 14.7. The number of Topliss-reactive ketones (excluding diaryl/α,β-unsaturated/α-hetero) is 1. The molecule has 1 amide bonds. The van der Waals surface area contributed by atoms with Crippen LogP contribution in [0.25, 0.3) is 0 Å². The fourth-order valence-electron chi connectivity index (χ4n) is 2.04. The number of nitrogens with zero attached hydrogens (tertiary/aromatic N) is 3. The van der Waals surface area contributed by atoms with Gasteiger partial charge < -0.3 is 14.9 Å². The van der Waals surface area contributed by atoms with Crippen molar-refractivity contribution < 1.29 is 14.7 Å². The second-order valence-corrected chi connectivity index (χ2v) is 5.40. The van der Waals surface area contributed by atoms with Crippen molar-refractivity contribution in [2.75, 3.05) is 24.5 Å². The summed E-state index contributed by atoms with van der Waals surface area (Å²) >= 11 is 1.32. The maximum Gasteiger partial charge on any atom is 0.407 e. The minimum Gasteiger partial charge on any atom is -0.465 e. The van der Waals surface area contributed by atoms with Gasteiger partial charge in [0.15, 0.2) is 10.9 Å². The summed E-state index contributed by atoms with van der Waals surface area (Å²) in [6.07, 6.45) is 0.624. The lowest BCUT2D eigenvalue weighted by atomic mass is 10.2. The lowest BCUT2D eigenvalue weighted by Crippen LogP contribution is -2.54. The Morgan fingerprint density at radius 1 is 1.50 bits per heavy atom. The number of aromatic nitrogens is 1. The Morgan fingerprint density at radius 3 is 2.80 bits per heavy atom. The first-order valence-corrected chi connectivity index (χ1v) is 6.98. The van der Waals surface area contributed by atoms with Crippen molar-refractivity contribution in [2.24, 2.45) is 0 Å². The van der Waals surface area contributed by atoms with E-state index in [-0.39, 0.29) is 11.8 Å². The van der Waals surface area contributed by atoms with E-state index < -0.39 is 6.09 Å². The lowest BCUT2D eigenvalue weighted by molar-refractivity contribution is 0.102. The number of amides is 1. The highest BCUT2D eigenvalue weighted by Gasteiger charge is 2.30. The molecule has 20 heavy (non-hydrogen) atoms. The van der Waals surface area contributed by atoms with Crippen molar-refractivity contribution in [3.63, 3.8) is 0 Å². The SMILES string of the molecule is CC#C[C@H]1CN(C(=O)O)CCN1c1ncc(C(C)=O)s1. The Hall–Kier alpha value is -2.07. The Bertz CT molecular complexity index is 587. The van der Waals surface area contributed by atoms with Gasteiger partial charge in [-0.2, -0.15) is 0 Å². The Balaban J connectivity index is 2.22. The predicted octanol–water partition coefficient (Wildman–Crippen LogP) is 1.54. The van der Waals surface area contributed by atoms with Gasteiger partial charge in [0.2, 0.25) is 0 Å². The molecule has 1 N–H and O–H groups in total. The number of carbonyl (C=O) groups excluding carboxylic acids is 1. The van der Waals surface area contributed by atoms with Crippen LogP contribution in [0.1, 0.15) is 23.5 Å². The normalized spacial score (nSPS) is 18.4. The van der Waals surface area contributed by atoms with E-state index in [4.69, 9.17) is 5.11 Å². The van der Waals surface area contributed by atoms with E-state index in [9.17, 15) is 9.59 Å². The van der Waals surface area contributed by atoms with E-state index in [2.05, 4.69) is 16.8 Å². The number of hydrogen-bond donors (Lipinski definition) is 1. The fraction of sp³-hybridized carbons (Fsp3) is 0.462. The molecule has 0 saturated carbocycles. The lowest BCUT2D eigenvalue weighted by Gasteiger charge is -2.37. The van der Waals surface area contributed by atoms with Crippen LogP contribution in [0.15, 0.2) is 6.20 Å². The average Bonchev–Trinajstić information content (AvgIpc) is 2.88. The molecule has 2 rings (SSSR count). The molecular formula is C13H15N3O3S. The zero-order valence-electron chi connectivity index (χ0n) is 11.3. The Labute approximate surface area is 121 Å². The van der Waals surface area contributed by atoms with E-state index in [1.54, 1.807) is 13.1 Å². The summed E-state index contributed by atoms with van der Waals surface area (Å²) < 4.78 is 0. The van der Waals surface area contributed by atoms with Crippen LogP contribution in [0, 0.1) is 11.8 Å². The maximum absolute atomic E-state index is 11.3. The monoisotopic (exact) mass is 293 g/mol. The van der Waals surface area contributed by atoms with Crippen molar-refractivity contribution in [1.82, 2.24) is 9.88 Å². The highest BCUT2D eigenvalue weighted by molar-refractivity contribution is 7.17. The number of piperazine rings is 1. The van der Waals surface area contributed by atoms with E-state index in [1.165, 1.54) is 23.2 Å². The average molecular weight is 293 g/mol. The van der Waals surface area contributed by atoms with Crippen LogP contribution in [0.2, 0.25) is 0 Å². The van der Waals surface area contributed by atoms with Crippen LogP contribution < -0.4 is 4.90 Å². The third-order valence-corrected chi connectivity index (χ3v) is 4.18. The van der Waals surface area contributed by atoms with Gasteiger partial charge in [0, 0.05) is 20.0 Å². The van der Waals surface area contributed by atoms with Crippen molar-refractivity contribution in [3.8, 4) is 11.8 Å². The summed E-state index contributed by atoms with van der Waals surface area (Å²) in [5.41, 5.74) is 0. The molecule has 0 radical (unpaired) electrons. The van der Waals surface area contributed by atoms with Gasteiger partial charge in [0.05, 0.1) is 17.6 Å². The van der Waals surface area contributed by atoms with Crippen LogP contribution in [-0.2, 0) is 0 Å². The minimum atomic E-state index is -0.934. The molecule has 6 nitrogen and oxygen atoms in total. The van der Waals surface area contributed by atoms with Crippen LogP contribution >= 0.6 is 11.3 Å². The summed E-state index contributed by atoms with van der Waals surface area (Å²) in [4.78, 5) is 30.5. The van der Waals surface area contributed by atoms with Crippen molar-refractivity contribution >= 4 is 28.3 Å². The molecule has 1 saturated heterocycles. The largest absolute Gasteiger partial charge is 0.465 e. The smallest absolute Gasteiger partial charge is 0.407 e. The van der Waals surface area contributed by atoms with E-state index in [0.29, 0.717) is 29.6 Å². The van der Waals surface area contributed by atoms with Crippen LogP contribution in [0.3, 0.4) is 0 Å². The van der Waals surface area contributed by atoms with E-state index >= 15 is 0 Å². The number of hydrogen-bond acceptors (Lipinski definition) is 5. The molecule has 0 spiro atoms. The first-order chi connectivity index (χ1) is 9.52. The summed E-state index contributed by atoms with van der Waals surface area (Å²) in [5, 5.41) is 9.78. The quantitative estimate of drug-likeness (QED) is 0.661. The van der Waals surface area contributed by atoms with Gasteiger partial charge in [-0.05, 0) is 6.92 Å². The number of ketones is 1. The molecule has 1 aliphatic heterocycles. The van der Waals surface area contributed by atoms with Crippen molar-refractivity contribution in [3.05, 3.63) is 11.1 Å². The molecule has 2 heterocycles. The maximum atomic E-state index is 11.3. The highest BCUT2D eigenvalue weighted by atomic mass is 32.1. The number of anilines is 1. The van der Waals surface area contributed by atoms with Gasteiger partial charge >= 0.3 is 6.09 Å². The predicted molar refractivity (Wildman–Crippen MR) is 76.3 cm³/mol. The van der Waals surface area contributed by atoms with Gasteiger partial charge in [-0.15, -0.1) is 5.92 Å². The molecule has 106 valence electrons. The first-order valence-electron chi connectivity index (χ1n) is 6.16. The Morgan fingerprint density at radius 2 is 2.25 bits per heavy atom. The molecule has 0 aromatic carbocycles. The molecule has 1 aromatic heterocycles. The molecule has 1 aromatic rings. The van der Waals surface area contributed by atoms with Gasteiger partial charge in [-0.1, -0.05) is 17.3 Å². The molecule has 0 aliphatic carbocycles. The summed E-state index contributed by atoms with van der Waals surface area (Å²) in [7, 11) is 0. The third kappa shape index (κ3) is 2.91. The second kappa shape index (κ2) is 5.92. The molecule has 1 fully saturated rings. The zero-order valence-corrected chi connectivity index (χ0v) is 12.1. The molecular weight excluding hydrogens is 278 g/mol. The summed E-state index contributed by atoms with van der Waals surface area (Å²) in [6.45, 7) is 4.48. The third-order valence-electron chi connectivity index (χ3n) is 3.05. The topological polar surface area (TPSA) is 73.7 Å². The van der Waals surface area contributed by atoms with Crippen LogP contribution in [0.4, 0.5) is 9.93 Å². The molecule has 0 unspecified atom stereocenters. The Kier molecular flexibility index (Phi) is 4.25. The molecule has 1 atom stereocenters. The van der Waals surface area contributed by atoms with Gasteiger partial charge in [0.25, 0.3) is 0 Å². The van der Waals surface area contributed by atoms with E-state index in [0.717, 1.165) is 0 Å². The molecule has 0 bridgehead atoms. The molecule has 1 aliphatic rings. The van der Waals surface area contributed by atoms with Gasteiger partial charge in [0.1, 0.15) is 6.04 Å². The van der Waals surface area contributed by atoms with Gasteiger partial charge in [-0.3, -0.25) is 4.79 Å².